The molecule has 1 unspecified atom stereocenters. The fraction of sp³-hybridized carbons (Fsp3) is 0.409. The van der Waals surface area contributed by atoms with E-state index < -0.39 is 0 Å². The van der Waals surface area contributed by atoms with E-state index in [9.17, 15) is 9.59 Å². The molecule has 2 aliphatic rings. The zero-order chi connectivity index (χ0) is 19.7. The van der Waals surface area contributed by atoms with Crippen molar-refractivity contribution in [2.45, 2.75) is 32.9 Å². The van der Waals surface area contributed by atoms with Crippen molar-refractivity contribution in [2.24, 2.45) is 0 Å². The molecule has 6 nitrogen and oxygen atoms in total. The maximum absolute atomic E-state index is 12.9. The lowest BCUT2D eigenvalue weighted by molar-refractivity contribution is -0.142. The lowest BCUT2D eigenvalue weighted by Gasteiger charge is -2.37. The van der Waals surface area contributed by atoms with Gasteiger partial charge in [-0.05, 0) is 37.5 Å². The molecule has 0 aliphatic carbocycles. The second-order valence-corrected chi connectivity index (χ2v) is 7.75. The van der Waals surface area contributed by atoms with Gasteiger partial charge in [-0.15, -0.1) is 0 Å². The summed E-state index contributed by atoms with van der Waals surface area (Å²) in [7, 11) is 0. The number of aryl methyl sites for hydroxylation is 2. The molecule has 2 amide bonds. The van der Waals surface area contributed by atoms with Crippen LogP contribution in [0.3, 0.4) is 0 Å². The number of pyridine rings is 1. The summed E-state index contributed by atoms with van der Waals surface area (Å²) in [5, 5.41) is 0. The minimum absolute atomic E-state index is 0.00385. The Morgan fingerprint density at radius 2 is 1.71 bits per heavy atom. The number of anilines is 1. The summed E-state index contributed by atoms with van der Waals surface area (Å²) in [6.45, 7) is 6.89. The van der Waals surface area contributed by atoms with Crippen molar-refractivity contribution in [3.8, 4) is 0 Å². The molecule has 6 heteroatoms. The van der Waals surface area contributed by atoms with Crippen molar-refractivity contribution in [3.63, 3.8) is 0 Å². The Hall–Kier alpha value is -2.89. The maximum Gasteiger partial charge on any atom is 0.245 e. The van der Waals surface area contributed by atoms with Crippen molar-refractivity contribution in [1.29, 1.82) is 0 Å². The normalized spacial score (nSPS) is 20.2. The van der Waals surface area contributed by atoms with Crippen LogP contribution in [0.25, 0.3) is 0 Å². The number of piperazine rings is 1. The molecule has 2 fully saturated rings. The first-order valence-corrected chi connectivity index (χ1v) is 9.82. The zero-order valence-electron chi connectivity index (χ0n) is 16.5. The van der Waals surface area contributed by atoms with E-state index in [1.165, 1.54) is 5.56 Å². The third kappa shape index (κ3) is 3.72. The molecule has 1 aromatic carbocycles. The first-order chi connectivity index (χ1) is 13.5. The predicted molar refractivity (Wildman–Crippen MR) is 108 cm³/mol. The zero-order valence-corrected chi connectivity index (χ0v) is 16.5. The van der Waals surface area contributed by atoms with E-state index in [1.807, 2.05) is 35.1 Å². The van der Waals surface area contributed by atoms with Gasteiger partial charge in [0.1, 0.15) is 11.9 Å². The lowest BCUT2D eigenvalue weighted by Crippen LogP contribution is -2.56. The summed E-state index contributed by atoms with van der Waals surface area (Å²) in [6.07, 6.45) is 2.52. The number of amides is 2. The molecule has 2 aliphatic heterocycles. The predicted octanol–water partition coefficient (Wildman–Crippen LogP) is 2.15. The standard InChI is InChI=1S/C22H26N4O2/c1-16-3-6-18(7-4-16)14-25-10-9-19(22(25)28)26-12-11-24(15-21(26)27)20-8-5-17(2)13-23-20/h3-8,13,19H,9-12,14-15H2,1-2H3. The van der Waals surface area contributed by atoms with Crippen LogP contribution in [-0.4, -0.2) is 58.8 Å². The summed E-state index contributed by atoms with van der Waals surface area (Å²) in [5.41, 5.74) is 3.43. The largest absolute Gasteiger partial charge is 0.346 e. The third-order valence-electron chi connectivity index (χ3n) is 5.62. The SMILES string of the molecule is Cc1ccc(CN2CCC(N3CCN(c4ccc(C)cn4)CC3=O)C2=O)cc1. The lowest BCUT2D eigenvalue weighted by atomic mass is 10.1. The molecule has 3 heterocycles. The van der Waals surface area contributed by atoms with Gasteiger partial charge in [-0.2, -0.15) is 0 Å². The van der Waals surface area contributed by atoms with Crippen LogP contribution in [-0.2, 0) is 16.1 Å². The Kier molecular flexibility index (Phi) is 5.03. The molecule has 0 radical (unpaired) electrons. The van der Waals surface area contributed by atoms with E-state index in [-0.39, 0.29) is 24.4 Å². The van der Waals surface area contributed by atoms with Gasteiger partial charge in [0.05, 0.1) is 6.54 Å². The Labute approximate surface area is 165 Å². The minimum atomic E-state index is -0.328. The van der Waals surface area contributed by atoms with Gasteiger partial charge >= 0.3 is 0 Å². The van der Waals surface area contributed by atoms with E-state index in [0.29, 0.717) is 32.6 Å². The Morgan fingerprint density at radius 3 is 2.39 bits per heavy atom. The molecular formula is C22H26N4O2. The van der Waals surface area contributed by atoms with Crippen LogP contribution < -0.4 is 4.90 Å². The van der Waals surface area contributed by atoms with E-state index in [0.717, 1.165) is 16.9 Å². The van der Waals surface area contributed by atoms with Gasteiger partial charge < -0.3 is 14.7 Å². The molecule has 146 valence electrons. The number of rotatable bonds is 4. The van der Waals surface area contributed by atoms with E-state index >= 15 is 0 Å². The van der Waals surface area contributed by atoms with Crippen molar-refractivity contribution < 1.29 is 9.59 Å². The van der Waals surface area contributed by atoms with Crippen LogP contribution in [0.2, 0.25) is 0 Å². The third-order valence-corrected chi connectivity index (χ3v) is 5.62. The van der Waals surface area contributed by atoms with E-state index in [2.05, 4.69) is 36.2 Å². The number of carbonyl (C=O) groups is 2. The van der Waals surface area contributed by atoms with E-state index in [4.69, 9.17) is 0 Å². The highest BCUT2D eigenvalue weighted by atomic mass is 16.2. The number of aromatic nitrogens is 1. The summed E-state index contributed by atoms with van der Waals surface area (Å²) in [4.78, 5) is 35.7. The van der Waals surface area contributed by atoms with Gasteiger partial charge in [0.25, 0.3) is 0 Å². The van der Waals surface area contributed by atoms with Crippen LogP contribution in [0.1, 0.15) is 23.1 Å². The average molecular weight is 378 g/mol. The highest BCUT2D eigenvalue weighted by Gasteiger charge is 2.40. The fourth-order valence-corrected chi connectivity index (χ4v) is 3.94. The Morgan fingerprint density at radius 1 is 0.964 bits per heavy atom. The second-order valence-electron chi connectivity index (χ2n) is 7.75. The quantitative estimate of drug-likeness (QED) is 0.818. The number of nitrogens with zero attached hydrogens (tertiary/aromatic N) is 4. The molecule has 28 heavy (non-hydrogen) atoms. The van der Waals surface area contributed by atoms with Crippen LogP contribution in [0.15, 0.2) is 42.6 Å². The van der Waals surface area contributed by atoms with Crippen LogP contribution in [0.5, 0.6) is 0 Å². The number of benzene rings is 1. The maximum atomic E-state index is 12.9. The molecule has 1 atom stereocenters. The first-order valence-electron chi connectivity index (χ1n) is 9.82. The fourth-order valence-electron chi connectivity index (χ4n) is 3.94. The smallest absolute Gasteiger partial charge is 0.245 e. The van der Waals surface area contributed by atoms with Crippen LogP contribution in [0.4, 0.5) is 5.82 Å². The minimum Gasteiger partial charge on any atom is -0.346 e. The first kappa shape index (κ1) is 18.5. The molecule has 0 N–H and O–H groups in total. The number of likely N-dealkylation sites (tertiary alicyclic amines) is 1. The van der Waals surface area contributed by atoms with Gasteiger partial charge in [-0.3, -0.25) is 9.59 Å². The highest BCUT2D eigenvalue weighted by molar-refractivity contribution is 5.91. The summed E-state index contributed by atoms with van der Waals surface area (Å²) < 4.78 is 0. The van der Waals surface area contributed by atoms with Gasteiger partial charge in [-0.25, -0.2) is 4.98 Å². The van der Waals surface area contributed by atoms with Crippen molar-refractivity contribution in [3.05, 3.63) is 59.3 Å². The monoisotopic (exact) mass is 378 g/mol. The van der Waals surface area contributed by atoms with E-state index in [1.54, 1.807) is 4.90 Å². The van der Waals surface area contributed by atoms with Gasteiger partial charge in [-0.1, -0.05) is 35.9 Å². The Balaban J connectivity index is 1.38. The van der Waals surface area contributed by atoms with Crippen molar-refractivity contribution in [1.82, 2.24) is 14.8 Å². The summed E-state index contributed by atoms with van der Waals surface area (Å²) >= 11 is 0. The summed E-state index contributed by atoms with van der Waals surface area (Å²) in [5.74, 6) is 0.886. The van der Waals surface area contributed by atoms with Gasteiger partial charge in [0.15, 0.2) is 0 Å². The number of carbonyl (C=O) groups excluding carboxylic acids is 2. The number of hydrogen-bond acceptors (Lipinski definition) is 4. The van der Waals surface area contributed by atoms with Gasteiger partial charge in [0.2, 0.25) is 11.8 Å². The van der Waals surface area contributed by atoms with Crippen molar-refractivity contribution >= 4 is 17.6 Å². The molecule has 2 saturated heterocycles. The topological polar surface area (TPSA) is 56.8 Å². The molecule has 0 spiro atoms. The average Bonchev–Trinajstić information content (AvgIpc) is 3.04. The molecule has 4 rings (SSSR count). The van der Waals surface area contributed by atoms with Crippen molar-refractivity contribution in [2.75, 3.05) is 31.1 Å². The highest BCUT2D eigenvalue weighted by Crippen LogP contribution is 2.23. The van der Waals surface area contributed by atoms with Crippen LogP contribution >= 0.6 is 0 Å². The molecule has 0 saturated carbocycles. The Bertz CT molecular complexity index is 863. The second kappa shape index (κ2) is 7.62. The molecule has 0 bridgehead atoms. The molecular weight excluding hydrogens is 352 g/mol. The molecule has 2 aromatic rings. The van der Waals surface area contributed by atoms with Gasteiger partial charge in [0, 0.05) is 32.4 Å². The summed E-state index contributed by atoms with van der Waals surface area (Å²) in [6, 6.07) is 11.9. The molecule has 1 aromatic heterocycles. The van der Waals surface area contributed by atoms with Crippen LogP contribution in [0, 0.1) is 13.8 Å². The number of hydrogen-bond donors (Lipinski definition) is 0.